The molecule has 1 nitrogen and oxygen atoms in total. The first-order chi connectivity index (χ1) is 13.4. The Hall–Kier alpha value is -1.08. The SMILES string of the molecule is NCCCCCCCCC/C=C\CCCCCCCCCc1ccccc1. The fraction of sp³-hybridized carbons (Fsp3) is 0.692. The molecular weight excluding hydrogens is 326 g/mol. The topological polar surface area (TPSA) is 26.0 Å². The van der Waals surface area contributed by atoms with Crippen LogP contribution in [0.25, 0.3) is 0 Å². The van der Waals surface area contributed by atoms with Gasteiger partial charge in [-0.3, -0.25) is 0 Å². The van der Waals surface area contributed by atoms with Gasteiger partial charge in [-0.05, 0) is 57.1 Å². The van der Waals surface area contributed by atoms with Gasteiger partial charge in [-0.1, -0.05) is 107 Å². The van der Waals surface area contributed by atoms with E-state index >= 15 is 0 Å². The molecule has 0 radical (unpaired) electrons. The largest absolute Gasteiger partial charge is 0.330 e. The van der Waals surface area contributed by atoms with Gasteiger partial charge >= 0.3 is 0 Å². The standard InChI is InChI=1S/C26H45N/c27-25-21-16-14-12-10-8-6-4-2-1-3-5-7-9-11-13-15-18-22-26-23-19-17-20-24-26/h1-2,17,19-20,23-24H,3-16,18,21-22,25,27H2/b2-1-. The highest BCUT2D eigenvalue weighted by Gasteiger charge is 1.94. The first-order valence-electron chi connectivity index (χ1n) is 11.8. The van der Waals surface area contributed by atoms with Crippen molar-refractivity contribution in [1.82, 2.24) is 0 Å². The van der Waals surface area contributed by atoms with Crippen LogP contribution in [0.5, 0.6) is 0 Å². The summed E-state index contributed by atoms with van der Waals surface area (Å²) in [5, 5.41) is 0. The lowest BCUT2D eigenvalue weighted by atomic mass is 10.0. The maximum Gasteiger partial charge on any atom is -0.00773 e. The molecule has 0 spiro atoms. The molecule has 0 amide bonds. The maximum atomic E-state index is 5.51. The van der Waals surface area contributed by atoms with Crippen molar-refractivity contribution >= 4 is 0 Å². The van der Waals surface area contributed by atoms with Gasteiger partial charge in [0, 0.05) is 0 Å². The number of unbranched alkanes of at least 4 members (excludes halogenated alkanes) is 14. The summed E-state index contributed by atoms with van der Waals surface area (Å²) in [6, 6.07) is 10.9. The van der Waals surface area contributed by atoms with E-state index in [4.69, 9.17) is 5.73 Å². The van der Waals surface area contributed by atoms with E-state index < -0.39 is 0 Å². The van der Waals surface area contributed by atoms with Gasteiger partial charge in [0.15, 0.2) is 0 Å². The lowest BCUT2D eigenvalue weighted by Crippen LogP contribution is -1.97. The molecule has 0 fully saturated rings. The molecule has 0 heterocycles. The summed E-state index contributed by atoms with van der Waals surface area (Å²) < 4.78 is 0. The minimum atomic E-state index is 0.861. The van der Waals surface area contributed by atoms with Crippen molar-refractivity contribution in [2.75, 3.05) is 6.54 Å². The summed E-state index contributed by atoms with van der Waals surface area (Å²) in [6.07, 6.45) is 27.9. The summed E-state index contributed by atoms with van der Waals surface area (Å²) in [7, 11) is 0. The zero-order chi connectivity index (χ0) is 19.3. The molecule has 1 aromatic rings. The fourth-order valence-electron chi connectivity index (χ4n) is 3.65. The third kappa shape index (κ3) is 16.8. The predicted molar refractivity (Wildman–Crippen MR) is 122 cm³/mol. The van der Waals surface area contributed by atoms with Crippen LogP contribution in [0.3, 0.4) is 0 Å². The normalized spacial score (nSPS) is 11.4. The van der Waals surface area contributed by atoms with E-state index in [1.54, 1.807) is 0 Å². The highest BCUT2D eigenvalue weighted by atomic mass is 14.5. The molecule has 0 aromatic heterocycles. The van der Waals surface area contributed by atoms with E-state index in [0.717, 1.165) is 6.54 Å². The number of hydrogen-bond donors (Lipinski definition) is 1. The van der Waals surface area contributed by atoms with Gasteiger partial charge in [-0.2, -0.15) is 0 Å². The molecule has 1 rings (SSSR count). The monoisotopic (exact) mass is 371 g/mol. The Labute approximate surface area is 169 Å². The van der Waals surface area contributed by atoms with Crippen molar-refractivity contribution in [1.29, 1.82) is 0 Å². The van der Waals surface area contributed by atoms with Crippen LogP contribution in [-0.2, 0) is 6.42 Å². The average molecular weight is 372 g/mol. The first-order valence-corrected chi connectivity index (χ1v) is 11.8. The zero-order valence-corrected chi connectivity index (χ0v) is 17.8. The lowest BCUT2D eigenvalue weighted by molar-refractivity contribution is 0.579. The van der Waals surface area contributed by atoms with Gasteiger partial charge in [0.25, 0.3) is 0 Å². The van der Waals surface area contributed by atoms with Crippen LogP contribution in [0.2, 0.25) is 0 Å². The molecule has 154 valence electrons. The summed E-state index contributed by atoms with van der Waals surface area (Å²) in [6.45, 7) is 0.861. The van der Waals surface area contributed by atoms with Crippen LogP contribution >= 0.6 is 0 Å². The van der Waals surface area contributed by atoms with Crippen LogP contribution in [-0.4, -0.2) is 6.54 Å². The Kier molecular flexibility index (Phi) is 17.5. The number of allylic oxidation sites excluding steroid dienone is 2. The van der Waals surface area contributed by atoms with Gasteiger partial charge in [-0.15, -0.1) is 0 Å². The van der Waals surface area contributed by atoms with Gasteiger partial charge in [0.1, 0.15) is 0 Å². The Morgan fingerprint density at radius 3 is 1.48 bits per heavy atom. The Balaban J connectivity index is 1.73. The van der Waals surface area contributed by atoms with Crippen LogP contribution in [0.1, 0.15) is 108 Å². The molecule has 0 unspecified atom stereocenters. The van der Waals surface area contributed by atoms with Crippen molar-refractivity contribution in [3.05, 3.63) is 48.0 Å². The van der Waals surface area contributed by atoms with Crippen molar-refractivity contribution in [2.45, 2.75) is 109 Å². The quantitative estimate of drug-likeness (QED) is 0.193. The Morgan fingerprint density at radius 2 is 0.963 bits per heavy atom. The number of rotatable bonds is 19. The molecule has 0 bridgehead atoms. The molecular formula is C26H45N. The summed E-state index contributed by atoms with van der Waals surface area (Å²) in [5.74, 6) is 0. The molecule has 0 aliphatic carbocycles. The van der Waals surface area contributed by atoms with Crippen LogP contribution in [0.4, 0.5) is 0 Å². The van der Waals surface area contributed by atoms with Gasteiger partial charge in [0.05, 0.1) is 0 Å². The summed E-state index contributed by atoms with van der Waals surface area (Å²) >= 11 is 0. The highest BCUT2D eigenvalue weighted by Crippen LogP contribution is 2.12. The van der Waals surface area contributed by atoms with Crippen LogP contribution in [0.15, 0.2) is 42.5 Å². The van der Waals surface area contributed by atoms with Crippen molar-refractivity contribution < 1.29 is 0 Å². The number of benzene rings is 1. The van der Waals surface area contributed by atoms with Crippen LogP contribution in [0, 0.1) is 0 Å². The van der Waals surface area contributed by atoms with Crippen molar-refractivity contribution in [3.8, 4) is 0 Å². The van der Waals surface area contributed by atoms with Gasteiger partial charge < -0.3 is 5.73 Å². The second-order valence-electron chi connectivity index (χ2n) is 8.02. The predicted octanol–water partition coefficient (Wildman–Crippen LogP) is 7.99. The number of aryl methyl sites for hydroxylation is 1. The smallest absolute Gasteiger partial charge is 0.00773 e. The summed E-state index contributed by atoms with van der Waals surface area (Å²) in [5.41, 5.74) is 7.00. The second-order valence-corrected chi connectivity index (χ2v) is 8.02. The summed E-state index contributed by atoms with van der Waals surface area (Å²) in [4.78, 5) is 0. The molecule has 2 N–H and O–H groups in total. The lowest BCUT2D eigenvalue weighted by Gasteiger charge is -2.02. The van der Waals surface area contributed by atoms with Gasteiger partial charge in [0.2, 0.25) is 0 Å². The van der Waals surface area contributed by atoms with Crippen molar-refractivity contribution in [2.24, 2.45) is 5.73 Å². The van der Waals surface area contributed by atoms with E-state index in [9.17, 15) is 0 Å². The van der Waals surface area contributed by atoms with E-state index in [1.165, 1.54) is 115 Å². The van der Waals surface area contributed by atoms with Gasteiger partial charge in [-0.25, -0.2) is 0 Å². The molecule has 0 atom stereocenters. The van der Waals surface area contributed by atoms with E-state index in [0.29, 0.717) is 0 Å². The van der Waals surface area contributed by atoms with Crippen LogP contribution < -0.4 is 5.73 Å². The van der Waals surface area contributed by atoms with E-state index in [2.05, 4.69) is 42.5 Å². The highest BCUT2D eigenvalue weighted by molar-refractivity contribution is 5.14. The molecule has 1 aromatic carbocycles. The van der Waals surface area contributed by atoms with Crippen molar-refractivity contribution in [3.63, 3.8) is 0 Å². The molecule has 27 heavy (non-hydrogen) atoms. The van der Waals surface area contributed by atoms with E-state index in [-0.39, 0.29) is 0 Å². The molecule has 0 aliphatic rings. The Morgan fingerprint density at radius 1 is 0.519 bits per heavy atom. The molecule has 1 heteroatoms. The first kappa shape index (κ1) is 24.0. The number of nitrogens with two attached hydrogens (primary N) is 1. The Bertz CT molecular complexity index is 423. The average Bonchev–Trinajstić information content (AvgIpc) is 2.70. The molecule has 0 saturated heterocycles. The number of hydrogen-bond acceptors (Lipinski definition) is 1. The maximum absolute atomic E-state index is 5.51. The van der Waals surface area contributed by atoms with E-state index in [1.807, 2.05) is 0 Å². The minimum absolute atomic E-state index is 0.861. The third-order valence-corrected chi connectivity index (χ3v) is 5.42. The second kappa shape index (κ2) is 19.7. The fourth-order valence-corrected chi connectivity index (χ4v) is 3.65. The molecule has 0 saturated carbocycles. The zero-order valence-electron chi connectivity index (χ0n) is 17.8. The minimum Gasteiger partial charge on any atom is -0.330 e. The molecule has 0 aliphatic heterocycles. The third-order valence-electron chi connectivity index (χ3n) is 5.42.